The van der Waals surface area contributed by atoms with Crippen molar-refractivity contribution in [2.24, 2.45) is 5.73 Å². The first-order valence-electron chi connectivity index (χ1n) is 14.6. The second kappa shape index (κ2) is 19.8. The first kappa shape index (κ1) is 39.6. The van der Waals surface area contributed by atoms with E-state index in [1.54, 1.807) is 0 Å². The van der Waals surface area contributed by atoms with Gasteiger partial charge in [0.2, 0.25) is 5.36 Å². The fourth-order valence-corrected chi connectivity index (χ4v) is 5.00. The van der Waals surface area contributed by atoms with E-state index in [0.29, 0.717) is 6.54 Å². The van der Waals surface area contributed by atoms with Gasteiger partial charge >= 0.3 is 18.3 Å². The molecule has 0 fully saturated rings. The molecule has 0 saturated carbocycles. The second-order valence-electron chi connectivity index (χ2n) is 9.96. The summed E-state index contributed by atoms with van der Waals surface area (Å²) in [5, 5.41) is 20.6. The molecule has 0 atom stereocenters. The molecule has 45 heavy (non-hydrogen) atoms. The SMILES string of the molecule is CCCCCC[N+](CCCCCC)=c1ccc2nc3ccc(NCCN)cc3sc-2c1.O=C(O)C(F)(F)F.O=C([O-])C(F)(F)F. The molecule has 2 aliphatic rings. The number of carbonyl (C=O) groups is 2. The van der Waals surface area contributed by atoms with Crippen LogP contribution in [0.25, 0.3) is 20.8 Å². The number of hydrogen-bond donors (Lipinski definition) is 3. The Hall–Kier alpha value is -3.46. The zero-order valence-electron chi connectivity index (χ0n) is 25.3. The summed E-state index contributed by atoms with van der Waals surface area (Å²) in [7, 11) is 0. The van der Waals surface area contributed by atoms with Gasteiger partial charge in [0, 0.05) is 43.8 Å². The zero-order valence-corrected chi connectivity index (χ0v) is 26.1. The maximum absolute atomic E-state index is 10.6. The molecular formula is C30H40F6N4O4S. The van der Waals surface area contributed by atoms with Crippen LogP contribution in [0.5, 0.6) is 0 Å². The van der Waals surface area contributed by atoms with Gasteiger partial charge in [-0.15, -0.1) is 11.3 Å². The highest BCUT2D eigenvalue weighted by molar-refractivity contribution is 7.21. The number of nitrogens with zero attached hydrogens (tertiary/aromatic N) is 2. The van der Waals surface area contributed by atoms with E-state index in [1.807, 2.05) is 11.3 Å². The lowest BCUT2D eigenvalue weighted by Gasteiger charge is -2.09. The number of alkyl halides is 6. The Morgan fingerprint density at radius 2 is 1.47 bits per heavy atom. The lowest BCUT2D eigenvalue weighted by Crippen LogP contribution is -2.37. The van der Waals surface area contributed by atoms with Crippen LogP contribution in [0.2, 0.25) is 0 Å². The molecule has 0 saturated heterocycles. The van der Waals surface area contributed by atoms with E-state index in [9.17, 15) is 26.3 Å². The number of unbranched alkanes of at least 4 members (excludes halogenated alkanes) is 6. The van der Waals surface area contributed by atoms with Crippen LogP contribution >= 0.6 is 11.3 Å². The van der Waals surface area contributed by atoms with Gasteiger partial charge in [-0.3, -0.25) is 0 Å². The van der Waals surface area contributed by atoms with Gasteiger partial charge in [-0.1, -0.05) is 39.5 Å². The average molecular weight is 667 g/mol. The van der Waals surface area contributed by atoms with E-state index in [2.05, 4.69) is 60.1 Å². The summed E-state index contributed by atoms with van der Waals surface area (Å²) in [5.41, 5.74) is 8.88. The van der Waals surface area contributed by atoms with Crippen molar-refractivity contribution in [2.75, 3.05) is 31.5 Å². The molecule has 252 valence electrons. The van der Waals surface area contributed by atoms with Crippen LogP contribution in [0.4, 0.5) is 32.0 Å². The third-order valence-electron chi connectivity index (χ3n) is 6.24. The smallest absolute Gasteiger partial charge is 0.490 e. The van der Waals surface area contributed by atoms with Gasteiger partial charge in [0.1, 0.15) is 19.1 Å². The summed E-state index contributed by atoms with van der Waals surface area (Å²) in [5.74, 6) is -5.76. The van der Waals surface area contributed by atoms with Gasteiger partial charge < -0.3 is 26.1 Å². The fourth-order valence-electron chi connectivity index (χ4n) is 3.97. The van der Waals surface area contributed by atoms with Gasteiger partial charge in [-0.05, 0) is 37.1 Å². The molecule has 8 nitrogen and oxygen atoms in total. The van der Waals surface area contributed by atoms with Gasteiger partial charge in [0.05, 0.1) is 20.8 Å². The highest BCUT2D eigenvalue weighted by Gasteiger charge is 2.38. The summed E-state index contributed by atoms with van der Waals surface area (Å²) < 4.78 is 67.1. The summed E-state index contributed by atoms with van der Waals surface area (Å²) in [6.07, 6.45) is 0.153. The van der Waals surface area contributed by atoms with Crippen molar-refractivity contribution in [1.82, 2.24) is 9.56 Å². The number of halogens is 6. The summed E-state index contributed by atoms with van der Waals surface area (Å²) in [6, 6.07) is 13.2. The van der Waals surface area contributed by atoms with E-state index < -0.39 is 24.3 Å². The van der Waals surface area contributed by atoms with Crippen LogP contribution in [-0.2, 0) is 9.59 Å². The summed E-state index contributed by atoms with van der Waals surface area (Å²) >= 11 is 1.83. The molecule has 0 amide bonds. The van der Waals surface area contributed by atoms with Crippen LogP contribution in [0, 0.1) is 0 Å². The highest BCUT2D eigenvalue weighted by atomic mass is 32.1. The summed E-state index contributed by atoms with van der Waals surface area (Å²) in [6.45, 7) is 8.27. The molecule has 1 heterocycles. The van der Waals surface area contributed by atoms with Crippen LogP contribution in [-0.4, -0.2) is 60.6 Å². The normalized spacial score (nSPS) is 11.3. The molecule has 3 rings (SSSR count). The van der Waals surface area contributed by atoms with Crippen molar-refractivity contribution in [1.29, 1.82) is 0 Å². The van der Waals surface area contributed by atoms with Crippen molar-refractivity contribution >= 4 is 39.2 Å². The van der Waals surface area contributed by atoms with E-state index in [-0.39, 0.29) is 0 Å². The first-order valence-corrected chi connectivity index (χ1v) is 15.4. The Labute approximate surface area is 262 Å². The lowest BCUT2D eigenvalue weighted by molar-refractivity contribution is -0.344. The second-order valence-corrected chi connectivity index (χ2v) is 11.0. The predicted octanol–water partition coefficient (Wildman–Crippen LogP) is 5.64. The van der Waals surface area contributed by atoms with E-state index in [0.717, 1.165) is 36.5 Å². The molecule has 1 aliphatic heterocycles. The van der Waals surface area contributed by atoms with Crippen molar-refractivity contribution in [3.8, 4) is 10.6 Å². The number of aromatic nitrogens is 1. The van der Waals surface area contributed by atoms with E-state index >= 15 is 0 Å². The van der Waals surface area contributed by atoms with Gasteiger partial charge in [-0.25, -0.2) is 14.4 Å². The number of carboxylic acid groups (broad SMARTS) is 2. The Kier molecular flexibility index (Phi) is 17.4. The maximum atomic E-state index is 10.6. The third kappa shape index (κ3) is 15.4. The molecule has 4 N–H and O–H groups in total. The van der Waals surface area contributed by atoms with Crippen molar-refractivity contribution in [3.63, 3.8) is 0 Å². The minimum Gasteiger partial charge on any atom is -0.542 e. The number of fused-ring (bicyclic) bond motifs is 2. The zero-order chi connectivity index (χ0) is 34.0. The van der Waals surface area contributed by atoms with E-state index in [4.69, 9.17) is 30.5 Å². The Balaban J connectivity index is 0.000000601. The van der Waals surface area contributed by atoms with Crippen molar-refractivity contribution < 1.29 is 46.1 Å². The minimum absolute atomic E-state index is 0.632. The number of nitrogens with two attached hydrogens (primary N) is 1. The number of anilines is 1. The topological polar surface area (TPSA) is 131 Å². The molecule has 15 heteroatoms. The van der Waals surface area contributed by atoms with Crippen LogP contribution in [0.1, 0.15) is 65.2 Å². The van der Waals surface area contributed by atoms with Crippen LogP contribution in [0.15, 0.2) is 36.4 Å². The number of aliphatic carboxylic acids is 2. The van der Waals surface area contributed by atoms with Gasteiger partial charge in [0.15, 0.2) is 0 Å². The Morgan fingerprint density at radius 1 is 0.911 bits per heavy atom. The number of carbonyl (C=O) groups excluding carboxylic acids is 1. The molecule has 1 aromatic carbocycles. The van der Waals surface area contributed by atoms with Gasteiger partial charge in [0.25, 0.3) is 0 Å². The van der Waals surface area contributed by atoms with Crippen molar-refractivity contribution in [3.05, 3.63) is 41.8 Å². The van der Waals surface area contributed by atoms with Crippen LogP contribution in [0.3, 0.4) is 0 Å². The molecule has 0 unspecified atom stereocenters. The molecule has 0 spiro atoms. The standard InChI is InChI=1S/C26H38N4S.2C2HF3O2/c1-3-5-7-9-17-30(18-10-8-6-4-2)22-12-14-24-26(20-22)31-25-19-21(28-16-15-27)11-13-23(25)29-24;2*3-2(4,5)1(6)7/h11-14,19-20H,3-10,15-18,27H2,1-2H3;2*(H,6,7). The van der Waals surface area contributed by atoms with Crippen LogP contribution < -0.4 is 26.1 Å². The molecule has 0 radical (unpaired) electrons. The molecular weight excluding hydrogens is 626 g/mol. The van der Waals surface area contributed by atoms with Gasteiger partial charge in [-0.2, -0.15) is 26.3 Å². The Morgan fingerprint density at radius 3 is 1.93 bits per heavy atom. The highest BCUT2D eigenvalue weighted by Crippen LogP contribution is 2.31. The fraction of sp³-hybridized carbons (Fsp3) is 0.533. The number of nitrogens with one attached hydrogen (secondary N) is 1. The van der Waals surface area contributed by atoms with Crippen molar-refractivity contribution in [2.45, 2.75) is 77.6 Å². The molecule has 1 aromatic rings. The quantitative estimate of drug-likeness (QED) is 0.0932. The summed E-state index contributed by atoms with van der Waals surface area (Å²) in [4.78, 5) is 23.9. The monoisotopic (exact) mass is 666 g/mol. The molecule has 0 bridgehead atoms. The molecule has 0 aromatic heterocycles. The number of benzene rings is 2. The Bertz CT molecular complexity index is 1340. The predicted molar refractivity (Wildman–Crippen MR) is 162 cm³/mol. The molecule has 1 aliphatic carbocycles. The number of rotatable bonds is 13. The number of hydrogen-bond acceptors (Lipinski definition) is 7. The largest absolute Gasteiger partial charge is 0.542 e. The maximum Gasteiger partial charge on any atom is 0.490 e. The first-order chi connectivity index (χ1) is 21.1. The lowest BCUT2D eigenvalue weighted by atomic mass is 10.1. The van der Waals surface area contributed by atoms with E-state index in [1.165, 1.54) is 66.3 Å². The average Bonchev–Trinajstić information content (AvgIpc) is 2.97. The third-order valence-corrected chi connectivity index (χ3v) is 7.33. The number of carboxylic acids is 2. The minimum atomic E-state index is -5.19.